The quantitative estimate of drug-likeness (QED) is 0.394. The first kappa shape index (κ1) is 23.5. The van der Waals surface area contributed by atoms with E-state index in [2.05, 4.69) is 17.1 Å². The zero-order valence-corrected chi connectivity index (χ0v) is 19.8. The number of aromatic nitrogens is 2. The van der Waals surface area contributed by atoms with Crippen molar-refractivity contribution in [1.29, 1.82) is 0 Å². The number of hydrogen-bond donors (Lipinski definition) is 0. The highest BCUT2D eigenvalue weighted by Gasteiger charge is 2.31. The Labute approximate surface area is 188 Å². The second-order valence-electron chi connectivity index (χ2n) is 6.54. The third-order valence-corrected chi connectivity index (χ3v) is 9.67. The smallest absolute Gasteiger partial charge is 0.246 e. The van der Waals surface area contributed by atoms with Crippen LogP contribution in [-0.4, -0.2) is 71.4 Å². The van der Waals surface area contributed by atoms with Crippen LogP contribution in [0.5, 0.6) is 0 Å². The van der Waals surface area contributed by atoms with Crippen molar-refractivity contribution >= 4 is 50.8 Å². The van der Waals surface area contributed by atoms with Crippen LogP contribution in [0.15, 0.2) is 37.8 Å². The maximum atomic E-state index is 13.9. The Kier molecular flexibility index (Phi) is 8.52. The molecule has 0 unspecified atom stereocenters. The molecule has 1 aliphatic heterocycles. The van der Waals surface area contributed by atoms with Crippen LogP contribution in [0.3, 0.4) is 0 Å². The molecule has 0 radical (unpaired) electrons. The van der Waals surface area contributed by atoms with Crippen molar-refractivity contribution in [1.82, 2.24) is 19.4 Å². The van der Waals surface area contributed by atoms with Crippen LogP contribution < -0.4 is 0 Å². The van der Waals surface area contributed by atoms with Gasteiger partial charge in [0.1, 0.15) is 10.7 Å². The number of thioether (sulfide) groups is 2. The Balaban J connectivity index is 1.48. The molecule has 0 saturated carbocycles. The van der Waals surface area contributed by atoms with Gasteiger partial charge in [-0.15, -0.1) is 10.2 Å². The van der Waals surface area contributed by atoms with Crippen molar-refractivity contribution in [2.75, 3.05) is 37.7 Å². The van der Waals surface area contributed by atoms with Crippen molar-refractivity contribution < 1.29 is 17.6 Å². The fourth-order valence-electron chi connectivity index (χ4n) is 2.80. The summed E-state index contributed by atoms with van der Waals surface area (Å²) >= 11 is 4.51. The van der Waals surface area contributed by atoms with Crippen LogP contribution in [-0.2, 0) is 14.8 Å². The van der Waals surface area contributed by atoms with Gasteiger partial charge in [-0.2, -0.15) is 4.31 Å². The lowest BCUT2D eigenvalue weighted by Crippen LogP contribution is -2.51. The van der Waals surface area contributed by atoms with E-state index < -0.39 is 15.8 Å². The largest absolute Gasteiger partial charge is 0.339 e. The van der Waals surface area contributed by atoms with Crippen LogP contribution in [0.4, 0.5) is 4.39 Å². The molecule has 3 rings (SSSR count). The third-order valence-electron chi connectivity index (χ3n) is 4.48. The minimum atomic E-state index is -3.91. The van der Waals surface area contributed by atoms with Crippen LogP contribution in [0.2, 0.25) is 0 Å². The Morgan fingerprint density at radius 3 is 2.47 bits per heavy atom. The van der Waals surface area contributed by atoms with Gasteiger partial charge in [-0.1, -0.05) is 60.3 Å². The molecule has 2 heterocycles. The van der Waals surface area contributed by atoms with Crippen LogP contribution in [0.25, 0.3) is 0 Å². The van der Waals surface area contributed by atoms with Crippen LogP contribution in [0, 0.1) is 5.82 Å². The summed E-state index contributed by atoms with van der Waals surface area (Å²) in [6.07, 6.45) is 2.26. The lowest BCUT2D eigenvalue weighted by Gasteiger charge is -2.34. The lowest BCUT2D eigenvalue weighted by molar-refractivity contribution is -0.129. The molecule has 7 nitrogen and oxygen atoms in total. The molecule has 0 N–H and O–H groups in total. The maximum absolute atomic E-state index is 13.9. The molecule has 2 aromatic rings. The number of halogens is 1. The SMILES string of the molecule is CCCCSc1nnc(SCC(=O)N2CCN(S(=O)(=O)c3ccccc3F)CC2)s1. The van der Waals surface area contributed by atoms with Gasteiger partial charge in [-0.25, -0.2) is 12.8 Å². The topological polar surface area (TPSA) is 83.5 Å². The normalized spacial score (nSPS) is 15.5. The van der Waals surface area contributed by atoms with E-state index in [4.69, 9.17) is 0 Å². The number of carbonyl (C=O) groups is 1. The van der Waals surface area contributed by atoms with Gasteiger partial charge in [0.05, 0.1) is 5.75 Å². The van der Waals surface area contributed by atoms with Crippen LogP contribution in [0.1, 0.15) is 19.8 Å². The fraction of sp³-hybridized carbons (Fsp3) is 0.500. The number of nitrogens with zero attached hydrogens (tertiary/aromatic N) is 4. The lowest BCUT2D eigenvalue weighted by atomic mass is 10.3. The number of hydrogen-bond acceptors (Lipinski definition) is 8. The highest BCUT2D eigenvalue weighted by molar-refractivity contribution is 8.03. The summed E-state index contributed by atoms with van der Waals surface area (Å²) in [5, 5.41) is 8.25. The molecule has 1 amide bonds. The molecule has 12 heteroatoms. The van der Waals surface area contributed by atoms with Gasteiger partial charge in [0.2, 0.25) is 15.9 Å². The minimum absolute atomic E-state index is 0.0710. The van der Waals surface area contributed by atoms with Crippen LogP contribution >= 0.6 is 34.9 Å². The number of benzene rings is 1. The molecule has 1 aliphatic rings. The average molecular weight is 491 g/mol. The van der Waals surface area contributed by atoms with Gasteiger partial charge in [-0.05, 0) is 18.6 Å². The number of sulfonamides is 1. The molecule has 0 bridgehead atoms. The number of carbonyl (C=O) groups excluding carboxylic acids is 1. The zero-order chi connectivity index (χ0) is 21.6. The monoisotopic (exact) mass is 490 g/mol. The molecule has 0 aliphatic carbocycles. The van der Waals surface area contributed by atoms with Gasteiger partial charge in [0.25, 0.3) is 0 Å². The summed E-state index contributed by atoms with van der Waals surface area (Å²) in [5.41, 5.74) is 0. The molecule has 1 fully saturated rings. The van der Waals surface area contributed by atoms with E-state index in [1.807, 2.05) is 0 Å². The fourth-order valence-corrected chi connectivity index (χ4v) is 7.37. The Hall–Kier alpha value is -1.21. The van der Waals surface area contributed by atoms with Crippen molar-refractivity contribution in [2.24, 2.45) is 0 Å². The molecule has 30 heavy (non-hydrogen) atoms. The second kappa shape index (κ2) is 10.9. The van der Waals surface area contributed by atoms with E-state index in [1.54, 1.807) is 16.7 Å². The number of unbranched alkanes of at least 4 members (excludes halogenated alkanes) is 1. The van der Waals surface area contributed by atoms with Crippen molar-refractivity contribution in [2.45, 2.75) is 33.3 Å². The molecule has 0 atom stereocenters. The van der Waals surface area contributed by atoms with Gasteiger partial charge in [0.15, 0.2) is 8.68 Å². The van der Waals surface area contributed by atoms with Gasteiger partial charge < -0.3 is 4.90 Å². The Morgan fingerprint density at radius 2 is 1.80 bits per heavy atom. The maximum Gasteiger partial charge on any atom is 0.246 e. The van der Waals surface area contributed by atoms with Crippen molar-refractivity contribution in [3.8, 4) is 0 Å². The molecular weight excluding hydrogens is 467 g/mol. The van der Waals surface area contributed by atoms with E-state index in [9.17, 15) is 17.6 Å². The molecule has 1 saturated heterocycles. The van der Waals surface area contributed by atoms with E-state index in [1.165, 1.54) is 45.6 Å². The zero-order valence-electron chi connectivity index (χ0n) is 16.5. The van der Waals surface area contributed by atoms with Gasteiger partial charge >= 0.3 is 0 Å². The summed E-state index contributed by atoms with van der Waals surface area (Å²) in [4.78, 5) is 13.8. The molecule has 0 spiro atoms. The number of amides is 1. The average Bonchev–Trinajstić information content (AvgIpc) is 3.20. The summed E-state index contributed by atoms with van der Waals surface area (Å²) in [7, 11) is -3.91. The minimum Gasteiger partial charge on any atom is -0.339 e. The summed E-state index contributed by atoms with van der Waals surface area (Å²) in [6.45, 7) is 2.99. The van der Waals surface area contributed by atoms with Crippen molar-refractivity contribution in [3.05, 3.63) is 30.1 Å². The highest BCUT2D eigenvalue weighted by atomic mass is 32.2. The standard InChI is InChI=1S/C18H23FN4O3S4/c1-2-3-12-27-17-20-21-18(29-17)28-13-16(24)22-8-10-23(11-9-22)30(25,26)15-7-5-4-6-14(15)19/h4-7H,2-3,8-13H2,1H3. The Morgan fingerprint density at radius 1 is 1.13 bits per heavy atom. The van der Waals surface area contributed by atoms with E-state index in [-0.39, 0.29) is 42.7 Å². The number of rotatable bonds is 9. The predicted molar refractivity (Wildman–Crippen MR) is 118 cm³/mol. The summed E-state index contributed by atoms with van der Waals surface area (Å²) < 4.78 is 42.1. The predicted octanol–water partition coefficient (Wildman–Crippen LogP) is 3.19. The molecule has 164 valence electrons. The van der Waals surface area contributed by atoms with Gasteiger partial charge in [0, 0.05) is 31.9 Å². The van der Waals surface area contributed by atoms with Crippen molar-refractivity contribution in [3.63, 3.8) is 0 Å². The molecule has 1 aromatic carbocycles. The van der Waals surface area contributed by atoms with E-state index in [0.717, 1.165) is 33.3 Å². The first-order valence-corrected chi connectivity index (χ1v) is 13.8. The highest BCUT2D eigenvalue weighted by Crippen LogP contribution is 2.29. The number of piperazine rings is 1. The first-order chi connectivity index (χ1) is 14.4. The van der Waals surface area contributed by atoms with E-state index >= 15 is 0 Å². The van der Waals surface area contributed by atoms with Gasteiger partial charge in [-0.3, -0.25) is 4.79 Å². The second-order valence-corrected chi connectivity index (χ2v) is 12.0. The summed E-state index contributed by atoms with van der Waals surface area (Å²) in [6, 6.07) is 5.34. The molecular formula is C18H23FN4O3S4. The first-order valence-electron chi connectivity index (χ1n) is 9.53. The van der Waals surface area contributed by atoms with E-state index in [0.29, 0.717) is 0 Å². The molecule has 1 aromatic heterocycles. The Bertz CT molecular complexity index is 962. The summed E-state index contributed by atoms with van der Waals surface area (Å²) in [5.74, 6) is 0.401. The third kappa shape index (κ3) is 5.94.